The zero-order chi connectivity index (χ0) is 21.0. The maximum absolute atomic E-state index is 12.8. The molecule has 3 aromatic rings. The lowest BCUT2D eigenvalue weighted by molar-refractivity contribution is -0.110. The Morgan fingerprint density at radius 2 is 1.79 bits per heavy atom. The number of rotatable bonds is 5. The number of hydrogen-bond donors (Lipinski definition) is 2. The van der Waals surface area contributed by atoms with Gasteiger partial charge in [0.05, 0.1) is 17.1 Å². The first-order valence-corrected chi connectivity index (χ1v) is 8.95. The molecule has 2 aromatic carbocycles. The largest absolute Gasteiger partial charge is 0.314 e. The van der Waals surface area contributed by atoms with Crippen molar-refractivity contribution in [2.45, 2.75) is 6.92 Å². The fourth-order valence-electron chi connectivity index (χ4n) is 2.66. The molecule has 8 nitrogen and oxygen atoms in total. The van der Waals surface area contributed by atoms with Crippen LogP contribution in [0.1, 0.15) is 5.69 Å². The lowest BCUT2D eigenvalue weighted by Crippen LogP contribution is -2.27. The zero-order valence-electron chi connectivity index (χ0n) is 15.7. The Kier molecular flexibility index (Phi) is 5.81. The van der Waals surface area contributed by atoms with Gasteiger partial charge in [-0.05, 0) is 43.3 Å². The van der Waals surface area contributed by atoms with Gasteiger partial charge in [-0.15, -0.1) is 0 Å². The summed E-state index contributed by atoms with van der Waals surface area (Å²) < 4.78 is 3.06. The van der Waals surface area contributed by atoms with Crippen LogP contribution in [0.25, 0.3) is 5.69 Å². The summed E-state index contributed by atoms with van der Waals surface area (Å²) in [5, 5.41) is 16.1. The van der Waals surface area contributed by atoms with Gasteiger partial charge < -0.3 is 5.32 Å². The molecule has 1 amide bonds. The summed E-state index contributed by atoms with van der Waals surface area (Å²) in [5.41, 5.74) is 3.61. The molecule has 1 heterocycles. The summed E-state index contributed by atoms with van der Waals surface area (Å²) in [7, 11) is 1.71. The first-order valence-electron chi connectivity index (χ1n) is 8.57. The maximum atomic E-state index is 12.8. The van der Waals surface area contributed by atoms with Crippen LogP contribution in [0, 0.1) is 18.3 Å². The molecule has 0 radical (unpaired) electrons. The highest BCUT2D eigenvalue weighted by Crippen LogP contribution is 2.15. The molecule has 146 valence electrons. The second-order valence-corrected chi connectivity index (χ2v) is 6.52. The number of amides is 1. The molecule has 0 aliphatic carbocycles. The summed E-state index contributed by atoms with van der Waals surface area (Å²) >= 11 is 5.82. The first-order chi connectivity index (χ1) is 13.9. The van der Waals surface area contributed by atoms with E-state index < -0.39 is 17.2 Å². The second kappa shape index (κ2) is 8.46. The Hall–Kier alpha value is -3.83. The molecular weight excluding hydrogens is 392 g/mol. The number of halogens is 1. The van der Waals surface area contributed by atoms with Gasteiger partial charge in [0.25, 0.3) is 11.5 Å². The average molecular weight is 409 g/mol. The fraction of sp³-hybridized carbons (Fsp3) is 0.100. The number of nitrogens with one attached hydrogen (secondary N) is 2. The van der Waals surface area contributed by atoms with Crippen molar-refractivity contribution in [3.8, 4) is 11.8 Å². The van der Waals surface area contributed by atoms with E-state index in [0.717, 1.165) is 0 Å². The molecule has 0 saturated carbocycles. The van der Waals surface area contributed by atoms with Crippen LogP contribution in [0.15, 0.2) is 64.5 Å². The molecule has 2 N–H and O–H groups in total. The number of nitrogens with zero attached hydrogens (tertiary/aromatic N) is 4. The van der Waals surface area contributed by atoms with Crippen molar-refractivity contribution in [3.63, 3.8) is 0 Å². The van der Waals surface area contributed by atoms with Gasteiger partial charge in [0.2, 0.25) is 5.71 Å². The van der Waals surface area contributed by atoms with E-state index in [9.17, 15) is 14.9 Å². The molecule has 0 fully saturated rings. The predicted molar refractivity (Wildman–Crippen MR) is 112 cm³/mol. The number of hydrogen-bond acceptors (Lipinski definition) is 5. The number of carbonyl (C=O) groups excluding carboxylic acids is 1. The molecule has 0 aliphatic heterocycles. The van der Waals surface area contributed by atoms with E-state index in [1.807, 2.05) is 18.2 Å². The summed E-state index contributed by atoms with van der Waals surface area (Å²) in [6.45, 7) is 1.70. The summed E-state index contributed by atoms with van der Waals surface area (Å²) in [6.07, 6.45) is 0. The van der Waals surface area contributed by atoms with Crippen LogP contribution < -0.4 is 16.3 Å². The minimum absolute atomic E-state index is 0.0794. The number of carbonyl (C=O) groups is 1. The molecule has 0 atom stereocenters. The van der Waals surface area contributed by atoms with Crippen LogP contribution in [0.3, 0.4) is 0 Å². The monoisotopic (exact) mass is 408 g/mol. The summed E-state index contributed by atoms with van der Waals surface area (Å²) in [5.74, 6) is -0.792. The van der Waals surface area contributed by atoms with Gasteiger partial charge in [0, 0.05) is 12.1 Å². The van der Waals surface area contributed by atoms with Crippen LogP contribution >= 0.6 is 11.6 Å². The Labute approximate surface area is 171 Å². The standard InChI is InChI=1S/C20H17ClN6O2/c1-13-18(20(29)27(26(13)2)16-6-4-3-5-7-16)23-19(28)17(12-22)25-24-15-10-8-14(21)9-11-15/h3-11,24H,1-2H3,(H,23,28). The number of anilines is 2. The van der Waals surface area contributed by atoms with Crippen molar-refractivity contribution >= 4 is 34.6 Å². The van der Waals surface area contributed by atoms with E-state index in [4.69, 9.17) is 11.6 Å². The third-order valence-corrected chi connectivity index (χ3v) is 4.51. The SMILES string of the molecule is Cc1c(NC(=O)C(C#N)=NNc2ccc(Cl)cc2)c(=O)n(-c2ccccc2)n1C. The molecule has 3 rings (SSSR count). The van der Waals surface area contributed by atoms with Crippen molar-refractivity contribution < 1.29 is 4.79 Å². The van der Waals surface area contributed by atoms with Crippen LogP contribution in [0.4, 0.5) is 11.4 Å². The summed E-state index contributed by atoms with van der Waals surface area (Å²) in [4.78, 5) is 25.3. The number of nitriles is 1. The normalized spacial score (nSPS) is 11.0. The third-order valence-electron chi connectivity index (χ3n) is 4.25. The minimum Gasteiger partial charge on any atom is -0.314 e. The van der Waals surface area contributed by atoms with Gasteiger partial charge in [0.15, 0.2) is 0 Å². The fourth-order valence-corrected chi connectivity index (χ4v) is 2.78. The minimum atomic E-state index is -0.792. The van der Waals surface area contributed by atoms with E-state index in [-0.39, 0.29) is 5.69 Å². The van der Waals surface area contributed by atoms with E-state index >= 15 is 0 Å². The molecule has 0 saturated heterocycles. The van der Waals surface area contributed by atoms with Crippen molar-refractivity contribution in [1.82, 2.24) is 9.36 Å². The van der Waals surface area contributed by atoms with E-state index in [1.54, 1.807) is 61.1 Å². The highest BCUT2D eigenvalue weighted by Gasteiger charge is 2.20. The second-order valence-electron chi connectivity index (χ2n) is 6.08. The van der Waals surface area contributed by atoms with Gasteiger partial charge in [-0.1, -0.05) is 29.8 Å². The molecule has 0 unspecified atom stereocenters. The van der Waals surface area contributed by atoms with E-state index in [2.05, 4.69) is 15.8 Å². The maximum Gasteiger partial charge on any atom is 0.295 e. The molecule has 9 heteroatoms. The topological polar surface area (TPSA) is 104 Å². The highest BCUT2D eigenvalue weighted by atomic mass is 35.5. The molecule has 29 heavy (non-hydrogen) atoms. The van der Waals surface area contributed by atoms with Crippen LogP contribution in [0.5, 0.6) is 0 Å². The van der Waals surface area contributed by atoms with Gasteiger partial charge in [-0.3, -0.25) is 19.7 Å². The number of benzene rings is 2. The first kappa shape index (κ1) is 19.9. The Bertz CT molecular complexity index is 1170. The molecular formula is C20H17ClN6O2. The smallest absolute Gasteiger partial charge is 0.295 e. The lowest BCUT2D eigenvalue weighted by atomic mass is 10.3. The quantitative estimate of drug-likeness (QED) is 0.500. The molecule has 1 aromatic heterocycles. The van der Waals surface area contributed by atoms with Gasteiger partial charge in [-0.25, -0.2) is 4.68 Å². The lowest BCUT2D eigenvalue weighted by Gasteiger charge is -2.07. The van der Waals surface area contributed by atoms with Crippen molar-refractivity contribution in [1.29, 1.82) is 5.26 Å². The molecule has 0 aliphatic rings. The van der Waals surface area contributed by atoms with E-state index in [0.29, 0.717) is 22.1 Å². The average Bonchev–Trinajstić information content (AvgIpc) is 2.93. The van der Waals surface area contributed by atoms with Crippen LogP contribution in [-0.2, 0) is 11.8 Å². The Morgan fingerprint density at radius 3 is 2.41 bits per heavy atom. The third kappa shape index (κ3) is 4.20. The number of para-hydroxylation sites is 1. The van der Waals surface area contributed by atoms with Crippen LogP contribution in [-0.4, -0.2) is 21.0 Å². The molecule has 0 spiro atoms. The number of hydrazone groups is 1. The zero-order valence-corrected chi connectivity index (χ0v) is 16.4. The van der Waals surface area contributed by atoms with Crippen molar-refractivity contribution in [2.24, 2.45) is 12.1 Å². The number of aromatic nitrogens is 2. The van der Waals surface area contributed by atoms with E-state index in [1.165, 1.54) is 4.68 Å². The van der Waals surface area contributed by atoms with Crippen molar-refractivity contribution in [3.05, 3.63) is 75.7 Å². The van der Waals surface area contributed by atoms with Crippen molar-refractivity contribution in [2.75, 3.05) is 10.7 Å². The molecule has 0 bridgehead atoms. The Balaban J connectivity index is 1.86. The van der Waals surface area contributed by atoms with Crippen LogP contribution in [0.2, 0.25) is 5.02 Å². The van der Waals surface area contributed by atoms with Gasteiger partial charge >= 0.3 is 0 Å². The summed E-state index contributed by atoms with van der Waals surface area (Å²) in [6, 6.07) is 17.3. The van der Waals surface area contributed by atoms with Gasteiger partial charge in [0.1, 0.15) is 11.8 Å². The highest BCUT2D eigenvalue weighted by molar-refractivity contribution is 6.48. The van der Waals surface area contributed by atoms with Gasteiger partial charge in [-0.2, -0.15) is 10.4 Å². The Morgan fingerprint density at radius 1 is 1.14 bits per heavy atom. The predicted octanol–water partition coefficient (Wildman–Crippen LogP) is 3.07.